The normalized spacial score (nSPS) is 17.3. The number of thiol groups is 1. The highest BCUT2D eigenvalue weighted by molar-refractivity contribution is 7.81. The molecular formula is C7H16OS. The minimum absolute atomic E-state index is 0.258. The van der Waals surface area contributed by atoms with E-state index in [4.69, 9.17) is 5.11 Å². The zero-order chi connectivity index (χ0) is 7.28. The van der Waals surface area contributed by atoms with Crippen molar-refractivity contribution in [2.45, 2.75) is 31.9 Å². The van der Waals surface area contributed by atoms with Crippen molar-refractivity contribution in [2.24, 2.45) is 5.92 Å². The Bertz CT molecular complexity index is 65.9. The molecule has 0 spiro atoms. The summed E-state index contributed by atoms with van der Waals surface area (Å²) in [6.45, 7) is 4.41. The molecule has 0 saturated carbocycles. The molecule has 0 radical (unpaired) electrons. The average molecular weight is 148 g/mol. The van der Waals surface area contributed by atoms with E-state index in [-0.39, 0.29) is 6.61 Å². The van der Waals surface area contributed by atoms with Crippen molar-refractivity contribution in [1.29, 1.82) is 0 Å². The van der Waals surface area contributed by atoms with Gasteiger partial charge in [0, 0.05) is 11.9 Å². The van der Waals surface area contributed by atoms with Crippen LogP contribution in [0.1, 0.15) is 26.7 Å². The van der Waals surface area contributed by atoms with Crippen LogP contribution in [0.3, 0.4) is 0 Å². The summed E-state index contributed by atoms with van der Waals surface area (Å²) in [7, 11) is 0. The second-order valence-electron chi connectivity index (χ2n) is 2.52. The van der Waals surface area contributed by atoms with Gasteiger partial charge in [-0.3, -0.25) is 0 Å². The molecule has 0 saturated heterocycles. The molecule has 0 heterocycles. The van der Waals surface area contributed by atoms with E-state index in [0.29, 0.717) is 11.2 Å². The van der Waals surface area contributed by atoms with E-state index in [0.717, 1.165) is 12.8 Å². The number of hydrogen-bond acceptors (Lipinski definition) is 2. The molecule has 2 heteroatoms. The standard InChI is InChI=1S/C7H16OS/c1-3-4-7(9)6(2)5-8/h6-9H,3-5H2,1-2H3/t6-,7?/m1/s1. The Morgan fingerprint density at radius 1 is 1.56 bits per heavy atom. The molecule has 1 nitrogen and oxygen atoms in total. The van der Waals surface area contributed by atoms with E-state index in [1.54, 1.807) is 0 Å². The molecule has 1 N–H and O–H groups in total. The maximum Gasteiger partial charge on any atom is 0.0467 e. The Labute approximate surface area is 62.9 Å². The summed E-state index contributed by atoms with van der Waals surface area (Å²) in [5.41, 5.74) is 0. The summed E-state index contributed by atoms with van der Waals surface area (Å²) in [6.07, 6.45) is 2.25. The van der Waals surface area contributed by atoms with E-state index in [2.05, 4.69) is 19.6 Å². The molecule has 0 aliphatic rings. The van der Waals surface area contributed by atoms with Crippen LogP contribution in [-0.2, 0) is 0 Å². The van der Waals surface area contributed by atoms with Gasteiger partial charge in [-0.15, -0.1) is 0 Å². The molecule has 0 rings (SSSR count). The minimum Gasteiger partial charge on any atom is -0.396 e. The minimum atomic E-state index is 0.258. The molecule has 0 aromatic carbocycles. The third kappa shape index (κ3) is 3.82. The Morgan fingerprint density at radius 2 is 2.11 bits per heavy atom. The highest BCUT2D eigenvalue weighted by Crippen LogP contribution is 2.14. The van der Waals surface area contributed by atoms with Crippen LogP contribution >= 0.6 is 12.6 Å². The van der Waals surface area contributed by atoms with Crippen molar-refractivity contribution in [2.75, 3.05) is 6.61 Å². The molecule has 0 amide bonds. The maximum absolute atomic E-state index is 8.68. The first-order chi connectivity index (χ1) is 4.22. The zero-order valence-corrected chi connectivity index (χ0v) is 7.06. The van der Waals surface area contributed by atoms with Gasteiger partial charge in [-0.2, -0.15) is 12.6 Å². The Hall–Kier alpha value is 0.310. The molecule has 0 fully saturated rings. The van der Waals surface area contributed by atoms with Crippen LogP contribution in [0, 0.1) is 5.92 Å². The summed E-state index contributed by atoms with van der Waals surface area (Å²) in [4.78, 5) is 0. The third-order valence-electron chi connectivity index (χ3n) is 1.53. The van der Waals surface area contributed by atoms with E-state index in [1.807, 2.05) is 6.92 Å². The van der Waals surface area contributed by atoms with E-state index in [9.17, 15) is 0 Å². The average Bonchev–Trinajstić information content (AvgIpc) is 1.87. The predicted molar refractivity (Wildman–Crippen MR) is 43.9 cm³/mol. The molecule has 56 valence electrons. The SMILES string of the molecule is CCCC(S)[C@H](C)CO. The molecule has 1 unspecified atom stereocenters. The fourth-order valence-corrected chi connectivity index (χ4v) is 1.05. The molecule has 0 aliphatic heterocycles. The molecular weight excluding hydrogens is 132 g/mol. The van der Waals surface area contributed by atoms with Gasteiger partial charge in [0.2, 0.25) is 0 Å². The fourth-order valence-electron chi connectivity index (χ4n) is 0.702. The summed E-state index contributed by atoms with van der Waals surface area (Å²) in [5.74, 6) is 0.341. The summed E-state index contributed by atoms with van der Waals surface area (Å²) >= 11 is 4.33. The number of aliphatic hydroxyl groups excluding tert-OH is 1. The lowest BCUT2D eigenvalue weighted by Crippen LogP contribution is -2.14. The second kappa shape index (κ2) is 5.12. The quantitative estimate of drug-likeness (QED) is 0.582. The predicted octanol–water partition coefficient (Wildman–Crippen LogP) is 1.71. The van der Waals surface area contributed by atoms with Crippen LogP contribution in [-0.4, -0.2) is 17.0 Å². The highest BCUT2D eigenvalue weighted by atomic mass is 32.1. The van der Waals surface area contributed by atoms with Crippen molar-refractivity contribution in [3.05, 3.63) is 0 Å². The van der Waals surface area contributed by atoms with E-state index < -0.39 is 0 Å². The Kier molecular flexibility index (Phi) is 5.30. The molecule has 0 aliphatic carbocycles. The van der Waals surface area contributed by atoms with Crippen molar-refractivity contribution in [3.8, 4) is 0 Å². The van der Waals surface area contributed by atoms with Gasteiger partial charge in [0.15, 0.2) is 0 Å². The van der Waals surface area contributed by atoms with Crippen LogP contribution in [0.25, 0.3) is 0 Å². The van der Waals surface area contributed by atoms with Crippen LogP contribution in [0.4, 0.5) is 0 Å². The van der Waals surface area contributed by atoms with Crippen LogP contribution in [0.2, 0.25) is 0 Å². The smallest absolute Gasteiger partial charge is 0.0467 e. The van der Waals surface area contributed by atoms with Gasteiger partial charge >= 0.3 is 0 Å². The van der Waals surface area contributed by atoms with Crippen molar-refractivity contribution >= 4 is 12.6 Å². The fraction of sp³-hybridized carbons (Fsp3) is 1.00. The monoisotopic (exact) mass is 148 g/mol. The number of hydrogen-bond donors (Lipinski definition) is 2. The molecule has 0 bridgehead atoms. The summed E-state index contributed by atoms with van der Waals surface area (Å²) < 4.78 is 0. The molecule has 9 heavy (non-hydrogen) atoms. The van der Waals surface area contributed by atoms with Crippen molar-refractivity contribution < 1.29 is 5.11 Å². The van der Waals surface area contributed by atoms with Crippen LogP contribution in [0.5, 0.6) is 0 Å². The van der Waals surface area contributed by atoms with E-state index in [1.165, 1.54) is 0 Å². The van der Waals surface area contributed by atoms with Crippen LogP contribution < -0.4 is 0 Å². The van der Waals surface area contributed by atoms with Crippen LogP contribution in [0.15, 0.2) is 0 Å². The molecule has 2 atom stereocenters. The van der Waals surface area contributed by atoms with Crippen molar-refractivity contribution in [3.63, 3.8) is 0 Å². The maximum atomic E-state index is 8.68. The van der Waals surface area contributed by atoms with Gasteiger partial charge in [0.25, 0.3) is 0 Å². The number of rotatable bonds is 4. The van der Waals surface area contributed by atoms with Gasteiger partial charge in [-0.1, -0.05) is 20.3 Å². The first kappa shape index (κ1) is 9.31. The first-order valence-electron chi connectivity index (χ1n) is 3.51. The lowest BCUT2D eigenvalue weighted by Gasteiger charge is -2.14. The largest absolute Gasteiger partial charge is 0.396 e. The summed E-state index contributed by atoms with van der Waals surface area (Å²) in [6, 6.07) is 0. The number of aliphatic hydroxyl groups is 1. The molecule has 0 aromatic rings. The van der Waals surface area contributed by atoms with E-state index >= 15 is 0 Å². The molecule has 0 aromatic heterocycles. The topological polar surface area (TPSA) is 20.2 Å². The summed E-state index contributed by atoms with van der Waals surface area (Å²) in [5, 5.41) is 9.06. The van der Waals surface area contributed by atoms with Gasteiger partial charge in [-0.25, -0.2) is 0 Å². The lowest BCUT2D eigenvalue weighted by molar-refractivity contribution is 0.232. The zero-order valence-electron chi connectivity index (χ0n) is 6.17. The van der Waals surface area contributed by atoms with Crippen molar-refractivity contribution in [1.82, 2.24) is 0 Å². The van der Waals surface area contributed by atoms with Gasteiger partial charge in [0.05, 0.1) is 0 Å². The lowest BCUT2D eigenvalue weighted by atomic mass is 10.1. The Morgan fingerprint density at radius 3 is 2.44 bits per heavy atom. The second-order valence-corrected chi connectivity index (χ2v) is 3.18. The third-order valence-corrected chi connectivity index (χ3v) is 2.30. The van der Waals surface area contributed by atoms with Gasteiger partial charge in [0.1, 0.15) is 0 Å². The highest BCUT2D eigenvalue weighted by Gasteiger charge is 2.09. The Balaban J connectivity index is 3.32. The van der Waals surface area contributed by atoms with Gasteiger partial charge < -0.3 is 5.11 Å². The first-order valence-corrected chi connectivity index (χ1v) is 4.03. The van der Waals surface area contributed by atoms with Gasteiger partial charge in [-0.05, 0) is 12.3 Å².